The summed E-state index contributed by atoms with van der Waals surface area (Å²) in [7, 11) is -3.44. The zero-order valence-corrected chi connectivity index (χ0v) is 12.1. The molecular weight excluding hydrogens is 290 g/mol. The summed E-state index contributed by atoms with van der Waals surface area (Å²) < 4.78 is 24.9. The van der Waals surface area contributed by atoms with Gasteiger partial charge in [0.25, 0.3) is 0 Å². The molecule has 106 valence electrons. The zero-order valence-electron chi connectivity index (χ0n) is 11.3. The minimum absolute atomic E-state index is 0.200. The number of benzene rings is 1. The van der Waals surface area contributed by atoms with Crippen molar-refractivity contribution in [2.45, 2.75) is 6.92 Å². The third-order valence-electron chi connectivity index (χ3n) is 2.39. The van der Waals surface area contributed by atoms with Crippen LogP contribution in [0.2, 0.25) is 0 Å². The fourth-order valence-corrected chi connectivity index (χ4v) is 2.06. The molecule has 0 fully saturated rings. The lowest BCUT2D eigenvalue weighted by molar-refractivity contribution is 0.607. The molecule has 2 N–H and O–H groups in total. The number of hydrogen-bond acceptors (Lipinski definition) is 6. The highest BCUT2D eigenvalue weighted by atomic mass is 32.2. The second kappa shape index (κ2) is 6.42. The fourth-order valence-electron chi connectivity index (χ4n) is 1.44. The van der Waals surface area contributed by atoms with Gasteiger partial charge in [-0.1, -0.05) is 6.07 Å². The Morgan fingerprint density at radius 3 is 2.24 bits per heavy atom. The Morgan fingerprint density at radius 2 is 1.76 bits per heavy atom. The number of anilines is 2. The molecule has 0 amide bonds. The van der Waals surface area contributed by atoms with Gasteiger partial charge in [-0.15, -0.1) is 0 Å². The van der Waals surface area contributed by atoms with Crippen LogP contribution in [-0.4, -0.2) is 14.7 Å². The van der Waals surface area contributed by atoms with Gasteiger partial charge in [-0.05, 0) is 24.6 Å². The molecule has 0 bridgehead atoms. The summed E-state index contributed by atoms with van der Waals surface area (Å²) in [5, 5.41) is 29.1. The van der Waals surface area contributed by atoms with Crippen molar-refractivity contribution in [2.24, 2.45) is 0 Å². The molecule has 0 saturated carbocycles. The quantitative estimate of drug-likeness (QED) is 0.812. The van der Waals surface area contributed by atoms with Crippen molar-refractivity contribution in [1.82, 2.24) is 0 Å². The number of sulfonamides is 1. The summed E-state index contributed by atoms with van der Waals surface area (Å²) in [5.74, 6) is 0. The molecule has 0 saturated heterocycles. The lowest BCUT2D eigenvalue weighted by atomic mass is 10.1. The van der Waals surface area contributed by atoms with Crippen LogP contribution in [0, 0.1) is 40.9 Å². The van der Waals surface area contributed by atoms with Crippen LogP contribution in [-0.2, 0) is 10.0 Å². The number of allylic oxidation sites excluding steroid dienone is 2. The van der Waals surface area contributed by atoms with Gasteiger partial charge < -0.3 is 5.32 Å². The number of nitrogens with zero attached hydrogens (tertiary/aromatic N) is 3. The van der Waals surface area contributed by atoms with Crippen molar-refractivity contribution < 1.29 is 8.42 Å². The van der Waals surface area contributed by atoms with Crippen molar-refractivity contribution in [3.8, 4) is 18.2 Å². The SMILES string of the molecule is Cc1ccc(NC(C#N)=C(C#N)C#N)cc1NS(C)(=O)=O. The first kappa shape index (κ1) is 16.0. The molecule has 0 aliphatic carbocycles. The second-order valence-corrected chi connectivity index (χ2v) is 5.86. The van der Waals surface area contributed by atoms with Gasteiger partial charge in [0.2, 0.25) is 10.0 Å². The highest BCUT2D eigenvalue weighted by Gasteiger charge is 2.09. The number of hydrogen-bond donors (Lipinski definition) is 2. The summed E-state index contributed by atoms with van der Waals surface area (Å²) in [4.78, 5) is 0. The number of rotatable bonds is 4. The van der Waals surface area contributed by atoms with E-state index in [1.165, 1.54) is 6.07 Å². The summed E-state index contributed by atoms with van der Waals surface area (Å²) >= 11 is 0. The predicted molar refractivity (Wildman–Crippen MR) is 77.1 cm³/mol. The first-order valence-electron chi connectivity index (χ1n) is 5.60. The van der Waals surface area contributed by atoms with Crippen LogP contribution < -0.4 is 10.0 Å². The van der Waals surface area contributed by atoms with Crippen LogP contribution in [0.15, 0.2) is 29.5 Å². The van der Waals surface area contributed by atoms with Gasteiger partial charge in [0.05, 0.1) is 11.9 Å². The molecule has 0 heterocycles. The number of aryl methyl sites for hydroxylation is 1. The molecule has 0 spiro atoms. The largest absolute Gasteiger partial charge is 0.345 e. The Bertz CT molecular complexity index is 804. The maximum absolute atomic E-state index is 11.3. The lowest BCUT2D eigenvalue weighted by Gasteiger charge is -2.11. The average Bonchev–Trinajstić information content (AvgIpc) is 2.41. The smallest absolute Gasteiger partial charge is 0.229 e. The lowest BCUT2D eigenvalue weighted by Crippen LogP contribution is -2.11. The molecule has 0 radical (unpaired) electrons. The third kappa shape index (κ3) is 4.54. The molecule has 1 aromatic rings. The average molecular weight is 301 g/mol. The summed E-state index contributed by atoms with van der Waals surface area (Å²) in [6, 6.07) is 9.66. The molecule has 0 aromatic heterocycles. The van der Waals surface area contributed by atoms with E-state index in [-0.39, 0.29) is 11.3 Å². The zero-order chi connectivity index (χ0) is 16.0. The standard InChI is InChI=1S/C13H11N5O2S/c1-9-3-4-11(5-12(9)18-21(2,19)20)17-13(8-16)10(6-14)7-15/h3-5,17-18H,1-2H3. The van der Waals surface area contributed by atoms with E-state index in [0.717, 1.165) is 6.26 Å². The van der Waals surface area contributed by atoms with E-state index in [9.17, 15) is 8.42 Å². The second-order valence-electron chi connectivity index (χ2n) is 4.11. The molecule has 0 atom stereocenters. The van der Waals surface area contributed by atoms with Gasteiger partial charge >= 0.3 is 0 Å². The van der Waals surface area contributed by atoms with E-state index in [2.05, 4.69) is 10.0 Å². The number of nitriles is 3. The fraction of sp³-hybridized carbons (Fsp3) is 0.154. The molecule has 8 heteroatoms. The van der Waals surface area contributed by atoms with Gasteiger partial charge in [-0.3, -0.25) is 4.72 Å². The van der Waals surface area contributed by atoms with Gasteiger partial charge in [0.15, 0.2) is 5.57 Å². The van der Waals surface area contributed by atoms with Crippen LogP contribution in [0.4, 0.5) is 11.4 Å². The molecule has 0 aliphatic rings. The minimum atomic E-state index is -3.44. The van der Waals surface area contributed by atoms with Crippen LogP contribution in [0.5, 0.6) is 0 Å². The van der Waals surface area contributed by atoms with Crippen molar-refractivity contribution in [3.05, 3.63) is 35.0 Å². The monoisotopic (exact) mass is 301 g/mol. The van der Waals surface area contributed by atoms with Gasteiger partial charge in [-0.25, -0.2) is 8.42 Å². The van der Waals surface area contributed by atoms with Crippen LogP contribution in [0.25, 0.3) is 0 Å². The van der Waals surface area contributed by atoms with E-state index in [1.54, 1.807) is 37.3 Å². The summed E-state index contributed by atoms with van der Waals surface area (Å²) in [5.41, 5.74) is 0.862. The highest BCUT2D eigenvalue weighted by molar-refractivity contribution is 7.92. The molecule has 21 heavy (non-hydrogen) atoms. The van der Waals surface area contributed by atoms with E-state index in [1.807, 2.05) is 0 Å². The molecular formula is C13H11N5O2S. The van der Waals surface area contributed by atoms with E-state index in [0.29, 0.717) is 16.9 Å². The molecule has 1 aromatic carbocycles. The van der Waals surface area contributed by atoms with E-state index < -0.39 is 10.0 Å². The van der Waals surface area contributed by atoms with Crippen molar-refractivity contribution in [2.75, 3.05) is 16.3 Å². The van der Waals surface area contributed by atoms with Crippen molar-refractivity contribution >= 4 is 21.4 Å². The first-order chi connectivity index (χ1) is 9.80. The Hall–Kier alpha value is -3.02. The maximum Gasteiger partial charge on any atom is 0.229 e. The van der Waals surface area contributed by atoms with Crippen LogP contribution in [0.3, 0.4) is 0 Å². The molecule has 0 unspecified atom stereocenters. The summed E-state index contributed by atoms with van der Waals surface area (Å²) in [6.45, 7) is 1.72. The Balaban J connectivity index is 3.22. The summed E-state index contributed by atoms with van der Waals surface area (Å²) in [6.07, 6.45) is 1.02. The highest BCUT2D eigenvalue weighted by Crippen LogP contribution is 2.22. The van der Waals surface area contributed by atoms with E-state index >= 15 is 0 Å². The topological polar surface area (TPSA) is 130 Å². The normalized spacial score (nSPS) is 9.67. The molecule has 0 aliphatic heterocycles. The molecule has 1 rings (SSSR count). The van der Waals surface area contributed by atoms with Gasteiger partial charge in [-0.2, -0.15) is 15.8 Å². The van der Waals surface area contributed by atoms with Crippen molar-refractivity contribution in [3.63, 3.8) is 0 Å². The Morgan fingerprint density at radius 1 is 1.14 bits per heavy atom. The predicted octanol–water partition coefficient (Wildman–Crippen LogP) is 1.60. The molecule has 7 nitrogen and oxygen atoms in total. The maximum atomic E-state index is 11.3. The number of nitrogens with one attached hydrogen (secondary N) is 2. The van der Waals surface area contributed by atoms with E-state index in [4.69, 9.17) is 15.8 Å². The van der Waals surface area contributed by atoms with Crippen LogP contribution >= 0.6 is 0 Å². The third-order valence-corrected chi connectivity index (χ3v) is 2.98. The Labute approximate surface area is 122 Å². The van der Waals surface area contributed by atoms with Crippen LogP contribution in [0.1, 0.15) is 5.56 Å². The van der Waals surface area contributed by atoms with Gasteiger partial charge in [0.1, 0.15) is 23.9 Å². The minimum Gasteiger partial charge on any atom is -0.345 e. The van der Waals surface area contributed by atoms with Crippen molar-refractivity contribution in [1.29, 1.82) is 15.8 Å². The van der Waals surface area contributed by atoms with Gasteiger partial charge in [0, 0.05) is 5.69 Å². The first-order valence-corrected chi connectivity index (χ1v) is 7.50. The Kier molecular flexibility index (Phi) is 4.91.